The first-order valence-corrected chi connectivity index (χ1v) is 5.09. The number of carbonyl (C=O) groups excluding carboxylic acids is 1. The summed E-state index contributed by atoms with van der Waals surface area (Å²) in [5.41, 5.74) is 0. The zero-order chi connectivity index (χ0) is 10.6. The molecule has 1 saturated carbocycles. The van der Waals surface area contributed by atoms with Gasteiger partial charge in [0.25, 0.3) is 0 Å². The van der Waals surface area contributed by atoms with Gasteiger partial charge in [0.05, 0.1) is 0 Å². The Morgan fingerprint density at radius 1 is 1.43 bits per heavy atom. The summed E-state index contributed by atoms with van der Waals surface area (Å²) < 4.78 is 0. The summed E-state index contributed by atoms with van der Waals surface area (Å²) in [6, 6.07) is 0.186. The molecular formula is C10H17NO3. The van der Waals surface area contributed by atoms with Crippen molar-refractivity contribution >= 4 is 11.9 Å². The highest BCUT2D eigenvalue weighted by atomic mass is 16.4. The van der Waals surface area contributed by atoms with Crippen molar-refractivity contribution in [3.63, 3.8) is 0 Å². The van der Waals surface area contributed by atoms with Crippen LogP contribution in [0.5, 0.6) is 0 Å². The van der Waals surface area contributed by atoms with Gasteiger partial charge in [-0.2, -0.15) is 0 Å². The van der Waals surface area contributed by atoms with Crippen LogP contribution in [0.25, 0.3) is 0 Å². The zero-order valence-corrected chi connectivity index (χ0v) is 8.45. The molecule has 2 atom stereocenters. The molecule has 1 fully saturated rings. The number of carboxylic acids is 1. The predicted octanol–water partition coefficient (Wildman–Crippen LogP) is 1.16. The van der Waals surface area contributed by atoms with E-state index in [1.54, 1.807) is 0 Å². The molecule has 1 rings (SSSR count). The highest BCUT2D eigenvalue weighted by Gasteiger charge is 2.20. The largest absolute Gasteiger partial charge is 0.481 e. The molecule has 4 heteroatoms. The van der Waals surface area contributed by atoms with Crippen LogP contribution in [-0.4, -0.2) is 23.0 Å². The molecule has 1 aliphatic rings. The first kappa shape index (κ1) is 11.0. The lowest BCUT2D eigenvalue weighted by Gasteiger charge is -2.27. The third-order valence-corrected chi connectivity index (χ3v) is 2.61. The molecule has 0 bridgehead atoms. The number of hydrogen-bond acceptors (Lipinski definition) is 2. The highest BCUT2D eigenvalue weighted by Crippen LogP contribution is 2.23. The van der Waals surface area contributed by atoms with Gasteiger partial charge >= 0.3 is 5.97 Å². The van der Waals surface area contributed by atoms with Crippen molar-refractivity contribution in [3.05, 3.63) is 0 Å². The fraction of sp³-hybridized carbons (Fsp3) is 0.800. The lowest BCUT2D eigenvalue weighted by Crippen LogP contribution is -2.38. The van der Waals surface area contributed by atoms with E-state index in [1.165, 1.54) is 6.42 Å². The smallest absolute Gasteiger partial charge is 0.312 e. The SMILES string of the molecule is CC1CCCC(NC(=O)CC(=O)O)C1. The minimum Gasteiger partial charge on any atom is -0.481 e. The Morgan fingerprint density at radius 3 is 2.71 bits per heavy atom. The van der Waals surface area contributed by atoms with Crippen LogP contribution in [0.4, 0.5) is 0 Å². The summed E-state index contributed by atoms with van der Waals surface area (Å²) in [4.78, 5) is 21.4. The molecule has 14 heavy (non-hydrogen) atoms. The zero-order valence-electron chi connectivity index (χ0n) is 8.45. The maximum Gasteiger partial charge on any atom is 0.312 e. The predicted molar refractivity (Wildman–Crippen MR) is 51.8 cm³/mol. The summed E-state index contributed by atoms with van der Waals surface area (Å²) in [5.74, 6) is -0.790. The Labute approximate surface area is 83.7 Å². The molecule has 4 nitrogen and oxygen atoms in total. The second-order valence-electron chi connectivity index (χ2n) is 4.11. The Morgan fingerprint density at radius 2 is 2.14 bits per heavy atom. The molecule has 1 aliphatic carbocycles. The molecule has 2 unspecified atom stereocenters. The molecule has 0 spiro atoms. The van der Waals surface area contributed by atoms with Gasteiger partial charge in [0.1, 0.15) is 6.42 Å². The number of carboxylic acid groups (broad SMARTS) is 1. The minimum atomic E-state index is -1.06. The monoisotopic (exact) mass is 199 g/mol. The summed E-state index contributed by atoms with van der Waals surface area (Å²) >= 11 is 0. The van der Waals surface area contributed by atoms with Crippen molar-refractivity contribution in [2.24, 2.45) is 5.92 Å². The average Bonchev–Trinajstić information content (AvgIpc) is 2.01. The van der Waals surface area contributed by atoms with Gasteiger partial charge < -0.3 is 10.4 Å². The topological polar surface area (TPSA) is 66.4 Å². The van der Waals surface area contributed by atoms with Gasteiger partial charge in [-0.05, 0) is 18.8 Å². The van der Waals surface area contributed by atoms with Crippen molar-refractivity contribution in [2.45, 2.75) is 45.1 Å². The van der Waals surface area contributed by atoms with Gasteiger partial charge in [0.15, 0.2) is 0 Å². The fourth-order valence-electron chi connectivity index (χ4n) is 1.98. The second kappa shape index (κ2) is 4.98. The van der Waals surface area contributed by atoms with E-state index in [2.05, 4.69) is 12.2 Å². The maximum absolute atomic E-state index is 11.1. The normalized spacial score (nSPS) is 26.9. The van der Waals surface area contributed by atoms with Gasteiger partial charge in [0.2, 0.25) is 5.91 Å². The third-order valence-electron chi connectivity index (χ3n) is 2.61. The molecule has 2 N–H and O–H groups in total. The standard InChI is InChI=1S/C10H17NO3/c1-7-3-2-4-8(5-7)11-9(12)6-10(13)14/h7-8H,2-6H2,1H3,(H,11,12)(H,13,14). The van der Waals surface area contributed by atoms with Crippen molar-refractivity contribution < 1.29 is 14.7 Å². The minimum absolute atomic E-state index is 0.186. The van der Waals surface area contributed by atoms with E-state index in [0.29, 0.717) is 5.92 Å². The van der Waals surface area contributed by atoms with Gasteiger partial charge in [-0.1, -0.05) is 19.8 Å². The molecule has 0 saturated heterocycles. The van der Waals surface area contributed by atoms with Gasteiger partial charge in [0, 0.05) is 6.04 Å². The number of carbonyl (C=O) groups is 2. The van der Waals surface area contributed by atoms with Crippen LogP contribution in [-0.2, 0) is 9.59 Å². The summed E-state index contributed by atoms with van der Waals surface area (Å²) in [5, 5.41) is 11.2. The van der Waals surface area contributed by atoms with Crippen molar-refractivity contribution in [1.29, 1.82) is 0 Å². The molecule has 1 amide bonds. The number of rotatable bonds is 3. The van der Waals surface area contributed by atoms with Crippen LogP contribution >= 0.6 is 0 Å². The van der Waals surface area contributed by atoms with Crippen LogP contribution in [0.2, 0.25) is 0 Å². The second-order valence-corrected chi connectivity index (χ2v) is 4.11. The third kappa shape index (κ3) is 3.77. The van der Waals surface area contributed by atoms with E-state index in [0.717, 1.165) is 19.3 Å². The number of amides is 1. The van der Waals surface area contributed by atoms with Gasteiger partial charge in [-0.3, -0.25) is 9.59 Å². The Balaban J connectivity index is 2.28. The molecule has 0 radical (unpaired) electrons. The van der Waals surface area contributed by atoms with Crippen molar-refractivity contribution in [1.82, 2.24) is 5.32 Å². The van der Waals surface area contributed by atoms with E-state index in [-0.39, 0.29) is 11.9 Å². The van der Waals surface area contributed by atoms with Crippen molar-refractivity contribution in [3.8, 4) is 0 Å². The Bertz CT molecular complexity index is 227. The molecule has 0 heterocycles. The van der Waals surface area contributed by atoms with Crippen LogP contribution < -0.4 is 5.32 Å². The summed E-state index contributed by atoms with van der Waals surface area (Å²) in [7, 11) is 0. The summed E-state index contributed by atoms with van der Waals surface area (Å²) in [6.45, 7) is 2.16. The Hall–Kier alpha value is -1.06. The van der Waals surface area contributed by atoms with E-state index >= 15 is 0 Å². The average molecular weight is 199 g/mol. The van der Waals surface area contributed by atoms with E-state index in [4.69, 9.17) is 5.11 Å². The van der Waals surface area contributed by atoms with Crippen LogP contribution in [0.15, 0.2) is 0 Å². The van der Waals surface area contributed by atoms with Crippen LogP contribution in [0.3, 0.4) is 0 Å². The number of hydrogen-bond donors (Lipinski definition) is 2. The molecule has 0 aromatic rings. The quantitative estimate of drug-likeness (QED) is 0.670. The van der Waals surface area contributed by atoms with Gasteiger partial charge in [-0.25, -0.2) is 0 Å². The van der Waals surface area contributed by atoms with Gasteiger partial charge in [-0.15, -0.1) is 0 Å². The number of nitrogens with one attached hydrogen (secondary N) is 1. The molecular weight excluding hydrogens is 182 g/mol. The van der Waals surface area contributed by atoms with E-state index < -0.39 is 12.4 Å². The lowest BCUT2D eigenvalue weighted by atomic mass is 9.87. The Kier molecular flexibility index (Phi) is 3.92. The number of aliphatic carboxylic acids is 1. The van der Waals surface area contributed by atoms with E-state index in [1.807, 2.05) is 0 Å². The molecule has 0 aliphatic heterocycles. The first-order chi connectivity index (χ1) is 6.58. The molecule has 0 aromatic carbocycles. The molecule has 0 aromatic heterocycles. The van der Waals surface area contributed by atoms with Crippen LogP contribution in [0.1, 0.15) is 39.0 Å². The fourth-order valence-corrected chi connectivity index (χ4v) is 1.98. The highest BCUT2D eigenvalue weighted by molar-refractivity contribution is 5.93. The molecule has 80 valence electrons. The van der Waals surface area contributed by atoms with E-state index in [9.17, 15) is 9.59 Å². The summed E-state index contributed by atoms with van der Waals surface area (Å²) in [6.07, 6.45) is 3.89. The first-order valence-electron chi connectivity index (χ1n) is 5.09. The van der Waals surface area contributed by atoms with Crippen LogP contribution in [0, 0.1) is 5.92 Å². The van der Waals surface area contributed by atoms with Crippen molar-refractivity contribution in [2.75, 3.05) is 0 Å². The lowest BCUT2D eigenvalue weighted by molar-refractivity contribution is -0.140. The maximum atomic E-state index is 11.1.